The fraction of sp³-hybridized carbons (Fsp3) is 0.455. The van der Waals surface area contributed by atoms with Crippen LogP contribution in [0.5, 0.6) is 5.75 Å². The van der Waals surface area contributed by atoms with E-state index < -0.39 is 5.41 Å². The first-order chi connectivity index (χ1) is 13.0. The van der Waals surface area contributed by atoms with E-state index in [1.54, 1.807) is 7.11 Å². The molecule has 0 saturated heterocycles. The average molecular weight is 367 g/mol. The molecule has 1 amide bonds. The molecule has 5 nitrogen and oxygen atoms in total. The number of amides is 1. The van der Waals surface area contributed by atoms with Gasteiger partial charge in [-0.2, -0.15) is 0 Å². The Hall–Kier alpha value is -2.40. The summed E-state index contributed by atoms with van der Waals surface area (Å²) in [7, 11) is 3.64. The lowest BCUT2D eigenvalue weighted by Gasteiger charge is -2.38. The largest absolute Gasteiger partial charge is 0.496 e. The van der Waals surface area contributed by atoms with Gasteiger partial charge in [0, 0.05) is 23.5 Å². The summed E-state index contributed by atoms with van der Waals surface area (Å²) >= 11 is 0. The number of hydrogen-bond donors (Lipinski definition) is 2. The molecular formula is C22H29N3O2. The van der Waals surface area contributed by atoms with E-state index in [1.807, 2.05) is 38.4 Å². The van der Waals surface area contributed by atoms with Gasteiger partial charge in [0.2, 0.25) is 5.91 Å². The lowest BCUT2D eigenvalue weighted by atomic mass is 9.68. The normalized spacial score (nSPS) is 22.4. The molecule has 1 heterocycles. The number of pyridine rings is 1. The van der Waals surface area contributed by atoms with E-state index in [9.17, 15) is 4.79 Å². The third-order valence-electron chi connectivity index (χ3n) is 5.93. The van der Waals surface area contributed by atoms with Crippen molar-refractivity contribution in [2.24, 2.45) is 11.1 Å². The molecule has 0 aliphatic heterocycles. The minimum atomic E-state index is -0.509. The molecule has 1 fully saturated rings. The lowest BCUT2D eigenvalue weighted by molar-refractivity contribution is -0.129. The Morgan fingerprint density at radius 2 is 1.96 bits per heavy atom. The van der Waals surface area contributed by atoms with Crippen molar-refractivity contribution in [1.82, 2.24) is 10.3 Å². The molecule has 0 unspecified atom stereocenters. The summed E-state index contributed by atoms with van der Waals surface area (Å²) in [6, 6.07) is 10.6. The van der Waals surface area contributed by atoms with Crippen LogP contribution in [0.2, 0.25) is 0 Å². The second kappa shape index (κ2) is 8.09. The number of nitrogens with zero attached hydrogens (tertiary/aromatic N) is 1. The smallest absolute Gasteiger partial charge is 0.223 e. The maximum atomic E-state index is 12.4. The summed E-state index contributed by atoms with van der Waals surface area (Å²) in [5.41, 5.74) is 9.51. The minimum Gasteiger partial charge on any atom is -0.496 e. The predicted octanol–water partition coefficient (Wildman–Crippen LogP) is 3.24. The number of hydrogen-bond acceptors (Lipinski definition) is 4. The van der Waals surface area contributed by atoms with Crippen molar-refractivity contribution in [3.05, 3.63) is 47.8 Å². The van der Waals surface area contributed by atoms with Crippen molar-refractivity contribution in [1.29, 1.82) is 0 Å². The molecule has 144 valence electrons. The summed E-state index contributed by atoms with van der Waals surface area (Å²) in [6.07, 6.45) is 6.01. The molecule has 1 aromatic heterocycles. The molecule has 0 spiro atoms. The number of primary amides is 1. The van der Waals surface area contributed by atoms with Crippen LogP contribution in [0.3, 0.4) is 0 Å². The van der Waals surface area contributed by atoms with Gasteiger partial charge >= 0.3 is 0 Å². The fourth-order valence-electron chi connectivity index (χ4n) is 4.07. The number of nitrogens with two attached hydrogens (primary N) is 1. The number of rotatable bonds is 6. The summed E-state index contributed by atoms with van der Waals surface area (Å²) in [5, 5.41) is 3.32. The number of ether oxygens (including phenoxy) is 1. The Bertz CT molecular complexity index is 794. The number of carbonyl (C=O) groups is 1. The molecule has 0 atom stereocenters. The van der Waals surface area contributed by atoms with E-state index >= 15 is 0 Å². The highest BCUT2D eigenvalue weighted by atomic mass is 16.5. The maximum absolute atomic E-state index is 12.4. The first-order valence-electron chi connectivity index (χ1n) is 9.54. The van der Waals surface area contributed by atoms with E-state index in [-0.39, 0.29) is 5.91 Å². The third-order valence-corrected chi connectivity index (χ3v) is 5.93. The van der Waals surface area contributed by atoms with Gasteiger partial charge in [0.15, 0.2) is 0 Å². The Morgan fingerprint density at radius 1 is 1.26 bits per heavy atom. The van der Waals surface area contributed by atoms with Gasteiger partial charge in [-0.05, 0) is 75.4 Å². The van der Waals surface area contributed by atoms with Gasteiger partial charge in [-0.3, -0.25) is 9.78 Å². The standard InChI is InChI=1S/C22H29N3O2/c1-15-4-5-17(14-25-15)16-6-7-20(27-3)18(12-16)13-22(21(23)26)10-8-19(24-2)9-11-22/h4-7,12,14,19,24H,8-11,13H2,1-3H3,(H2,23,26). The van der Waals surface area contributed by atoms with Gasteiger partial charge < -0.3 is 15.8 Å². The first kappa shape index (κ1) is 19.4. The Labute approximate surface area is 161 Å². The number of benzene rings is 1. The number of aryl methyl sites for hydroxylation is 1. The second-order valence-electron chi connectivity index (χ2n) is 7.60. The average Bonchev–Trinajstić information content (AvgIpc) is 2.69. The summed E-state index contributed by atoms with van der Waals surface area (Å²) in [6.45, 7) is 1.97. The molecule has 2 aromatic rings. The van der Waals surface area contributed by atoms with Crippen molar-refractivity contribution in [2.45, 2.75) is 45.1 Å². The van der Waals surface area contributed by atoms with Gasteiger partial charge in [-0.25, -0.2) is 0 Å². The molecule has 3 N–H and O–H groups in total. The zero-order chi connectivity index (χ0) is 19.4. The molecule has 0 radical (unpaired) electrons. The van der Waals surface area contributed by atoms with Crippen molar-refractivity contribution < 1.29 is 9.53 Å². The zero-order valence-electron chi connectivity index (χ0n) is 16.4. The predicted molar refractivity (Wildman–Crippen MR) is 108 cm³/mol. The number of carbonyl (C=O) groups excluding carboxylic acids is 1. The van der Waals surface area contributed by atoms with Crippen molar-refractivity contribution in [2.75, 3.05) is 14.2 Å². The van der Waals surface area contributed by atoms with Gasteiger partial charge in [0.25, 0.3) is 0 Å². The summed E-state index contributed by atoms with van der Waals surface area (Å²) in [5.74, 6) is 0.594. The molecule has 1 saturated carbocycles. The highest BCUT2D eigenvalue weighted by molar-refractivity contribution is 5.81. The minimum absolute atomic E-state index is 0.207. The van der Waals surface area contributed by atoms with Crippen molar-refractivity contribution in [3.8, 4) is 16.9 Å². The highest BCUT2D eigenvalue weighted by Gasteiger charge is 2.40. The lowest BCUT2D eigenvalue weighted by Crippen LogP contribution is -2.45. The number of aromatic nitrogens is 1. The van der Waals surface area contributed by atoms with Gasteiger partial charge in [-0.1, -0.05) is 12.1 Å². The summed E-state index contributed by atoms with van der Waals surface area (Å²) in [4.78, 5) is 16.8. The Balaban J connectivity index is 1.93. The molecule has 1 aliphatic rings. The molecular weight excluding hydrogens is 338 g/mol. The Kier molecular flexibility index (Phi) is 5.80. The van der Waals surface area contributed by atoms with Crippen LogP contribution in [-0.4, -0.2) is 31.1 Å². The van der Waals surface area contributed by atoms with E-state index in [1.165, 1.54) is 0 Å². The van der Waals surface area contributed by atoms with E-state index in [4.69, 9.17) is 10.5 Å². The molecule has 1 aliphatic carbocycles. The first-order valence-corrected chi connectivity index (χ1v) is 9.54. The number of methoxy groups -OCH3 is 1. The molecule has 1 aromatic carbocycles. The quantitative estimate of drug-likeness (QED) is 0.822. The van der Waals surface area contributed by atoms with E-state index in [2.05, 4.69) is 22.4 Å². The van der Waals surface area contributed by atoms with Crippen LogP contribution in [0.1, 0.15) is 36.9 Å². The van der Waals surface area contributed by atoms with Crippen molar-refractivity contribution >= 4 is 5.91 Å². The monoisotopic (exact) mass is 367 g/mol. The zero-order valence-corrected chi connectivity index (χ0v) is 16.4. The molecule has 27 heavy (non-hydrogen) atoms. The third kappa shape index (κ3) is 4.14. The van der Waals surface area contributed by atoms with Crippen LogP contribution in [0, 0.1) is 12.3 Å². The van der Waals surface area contributed by atoms with Gasteiger partial charge in [0.05, 0.1) is 12.5 Å². The van der Waals surface area contributed by atoms with E-state index in [0.29, 0.717) is 12.5 Å². The second-order valence-corrected chi connectivity index (χ2v) is 7.60. The summed E-state index contributed by atoms with van der Waals surface area (Å²) < 4.78 is 5.58. The van der Waals surface area contributed by atoms with Crippen molar-refractivity contribution in [3.63, 3.8) is 0 Å². The Morgan fingerprint density at radius 3 is 2.52 bits per heavy atom. The molecule has 0 bridgehead atoms. The van der Waals surface area contributed by atoms with Crippen LogP contribution in [0.15, 0.2) is 36.5 Å². The van der Waals surface area contributed by atoms with Crippen LogP contribution in [0.25, 0.3) is 11.1 Å². The highest BCUT2D eigenvalue weighted by Crippen LogP contribution is 2.41. The number of nitrogens with one attached hydrogen (secondary N) is 1. The molecule has 5 heteroatoms. The van der Waals surface area contributed by atoms with Gasteiger partial charge in [0.1, 0.15) is 5.75 Å². The fourth-order valence-corrected chi connectivity index (χ4v) is 4.07. The van der Waals surface area contributed by atoms with E-state index in [0.717, 1.165) is 53.8 Å². The van der Waals surface area contributed by atoms with Crippen LogP contribution in [0.4, 0.5) is 0 Å². The molecule has 3 rings (SSSR count). The maximum Gasteiger partial charge on any atom is 0.223 e. The van der Waals surface area contributed by atoms with Crippen LogP contribution < -0.4 is 15.8 Å². The van der Waals surface area contributed by atoms with Crippen LogP contribution in [-0.2, 0) is 11.2 Å². The SMILES string of the molecule is CNC1CCC(Cc2cc(-c3ccc(C)nc3)ccc2OC)(C(N)=O)CC1. The topological polar surface area (TPSA) is 77.2 Å². The van der Waals surface area contributed by atoms with Gasteiger partial charge in [-0.15, -0.1) is 0 Å². The van der Waals surface area contributed by atoms with Crippen LogP contribution >= 0.6 is 0 Å².